The lowest BCUT2D eigenvalue weighted by molar-refractivity contribution is 0.880. The summed E-state index contributed by atoms with van der Waals surface area (Å²) in [7, 11) is 0. The van der Waals surface area contributed by atoms with Gasteiger partial charge in [0.25, 0.3) is 0 Å². The highest BCUT2D eigenvalue weighted by Crippen LogP contribution is 2.25. The number of hydrogen-bond acceptors (Lipinski definition) is 1. The Kier molecular flexibility index (Phi) is 2.44. The van der Waals surface area contributed by atoms with Gasteiger partial charge in [0.05, 0.1) is 6.54 Å². The van der Waals surface area contributed by atoms with E-state index in [4.69, 9.17) is 0 Å². The summed E-state index contributed by atoms with van der Waals surface area (Å²) in [5, 5.41) is 0. The number of fused-ring (bicyclic) bond motifs is 1. The Bertz CT molecular complexity index is 297. The number of allylic oxidation sites excluding steroid dienone is 5. The van der Waals surface area contributed by atoms with Crippen LogP contribution in [0.4, 0.5) is 0 Å². The lowest BCUT2D eigenvalue weighted by Gasteiger charge is -2.12. The van der Waals surface area contributed by atoms with Crippen molar-refractivity contribution < 1.29 is 0 Å². The molecule has 62 valence electrons. The van der Waals surface area contributed by atoms with E-state index in [1.54, 1.807) is 0 Å². The summed E-state index contributed by atoms with van der Waals surface area (Å²) < 4.78 is 1.43. The third-order valence-electron chi connectivity index (χ3n) is 2.10. The van der Waals surface area contributed by atoms with Gasteiger partial charge in [-0.2, -0.15) is 0 Å². The van der Waals surface area contributed by atoms with E-state index in [1.165, 1.54) is 9.29 Å². The van der Waals surface area contributed by atoms with Gasteiger partial charge in [-0.3, -0.25) is 4.99 Å². The normalized spacial score (nSPS) is 27.2. The van der Waals surface area contributed by atoms with Gasteiger partial charge in [0.15, 0.2) is 0 Å². The molecule has 12 heavy (non-hydrogen) atoms. The number of hydrogen-bond donors (Lipinski definition) is 0. The molecule has 0 amide bonds. The summed E-state index contributed by atoms with van der Waals surface area (Å²) in [6.07, 6.45) is 11.9. The van der Waals surface area contributed by atoms with E-state index in [2.05, 4.69) is 58.0 Å². The molecule has 1 nitrogen and oxygen atoms in total. The Balaban J connectivity index is 2.26. The van der Waals surface area contributed by atoms with E-state index in [0.29, 0.717) is 5.92 Å². The van der Waals surface area contributed by atoms with E-state index in [0.717, 1.165) is 13.0 Å². The van der Waals surface area contributed by atoms with Gasteiger partial charge in [-0.25, -0.2) is 0 Å². The predicted molar refractivity (Wildman–Crippen MR) is 60.8 cm³/mol. The van der Waals surface area contributed by atoms with E-state index >= 15 is 0 Å². The first kappa shape index (κ1) is 8.23. The van der Waals surface area contributed by atoms with Gasteiger partial charge >= 0.3 is 0 Å². The molecular weight excluding hydrogens is 261 g/mol. The Morgan fingerprint density at radius 1 is 1.42 bits per heavy atom. The maximum absolute atomic E-state index is 4.49. The number of halogens is 1. The van der Waals surface area contributed by atoms with Crippen molar-refractivity contribution >= 4 is 28.3 Å². The summed E-state index contributed by atoms with van der Waals surface area (Å²) in [6, 6.07) is 0. The zero-order valence-electron chi connectivity index (χ0n) is 6.70. The molecule has 0 saturated heterocycles. The van der Waals surface area contributed by atoms with Crippen molar-refractivity contribution in [2.75, 3.05) is 6.54 Å². The van der Waals surface area contributed by atoms with Crippen LogP contribution in [0.2, 0.25) is 0 Å². The molecule has 0 aromatic heterocycles. The SMILES string of the molecule is IC1=CCN=C2C=CC=CC2C1. The fourth-order valence-electron chi connectivity index (χ4n) is 1.46. The molecule has 1 heterocycles. The molecule has 1 aliphatic heterocycles. The van der Waals surface area contributed by atoms with Crippen molar-refractivity contribution in [1.29, 1.82) is 0 Å². The Morgan fingerprint density at radius 3 is 3.25 bits per heavy atom. The third kappa shape index (κ3) is 1.68. The quantitative estimate of drug-likeness (QED) is 0.601. The first-order chi connectivity index (χ1) is 5.86. The standard InChI is InChI=1S/C10H10IN/c11-9-5-6-12-10-4-2-1-3-8(10)7-9/h1-5,8H,6-7H2. The molecular formula is C10H10IN. The number of rotatable bonds is 0. The predicted octanol–water partition coefficient (Wildman–Crippen LogP) is 2.89. The van der Waals surface area contributed by atoms with Crippen molar-refractivity contribution in [2.24, 2.45) is 10.9 Å². The average molecular weight is 271 g/mol. The van der Waals surface area contributed by atoms with E-state index in [-0.39, 0.29) is 0 Å². The van der Waals surface area contributed by atoms with Crippen LogP contribution < -0.4 is 0 Å². The summed E-state index contributed by atoms with van der Waals surface area (Å²) in [5.41, 5.74) is 1.24. The summed E-state index contributed by atoms with van der Waals surface area (Å²) in [6.45, 7) is 0.849. The first-order valence-corrected chi connectivity index (χ1v) is 5.18. The molecule has 0 aromatic rings. The van der Waals surface area contributed by atoms with Gasteiger partial charge in [-0.15, -0.1) is 0 Å². The van der Waals surface area contributed by atoms with Crippen LogP contribution in [0, 0.1) is 5.92 Å². The zero-order valence-corrected chi connectivity index (χ0v) is 8.86. The maximum atomic E-state index is 4.49. The van der Waals surface area contributed by atoms with Crippen molar-refractivity contribution in [3.63, 3.8) is 0 Å². The van der Waals surface area contributed by atoms with Gasteiger partial charge in [-0.05, 0) is 38.7 Å². The van der Waals surface area contributed by atoms with Crippen LogP contribution >= 0.6 is 22.6 Å². The van der Waals surface area contributed by atoms with Crippen LogP contribution in [0.3, 0.4) is 0 Å². The minimum Gasteiger partial charge on any atom is -0.285 e. The van der Waals surface area contributed by atoms with Gasteiger partial charge in [0.1, 0.15) is 0 Å². The molecule has 0 bridgehead atoms. The number of nitrogens with zero attached hydrogens (tertiary/aromatic N) is 1. The van der Waals surface area contributed by atoms with Gasteiger partial charge < -0.3 is 0 Å². The molecule has 0 fully saturated rings. The first-order valence-electron chi connectivity index (χ1n) is 4.10. The summed E-state index contributed by atoms with van der Waals surface area (Å²) >= 11 is 2.40. The summed E-state index contributed by atoms with van der Waals surface area (Å²) in [4.78, 5) is 4.49. The highest BCUT2D eigenvalue weighted by molar-refractivity contribution is 14.1. The van der Waals surface area contributed by atoms with E-state index < -0.39 is 0 Å². The Hall–Kier alpha value is -0.380. The average Bonchev–Trinajstić information content (AvgIpc) is 2.25. The van der Waals surface area contributed by atoms with Crippen LogP contribution in [0.15, 0.2) is 39.0 Å². The molecule has 0 N–H and O–H groups in total. The fraction of sp³-hybridized carbons (Fsp3) is 0.300. The minimum absolute atomic E-state index is 0.528. The fourth-order valence-corrected chi connectivity index (χ4v) is 2.13. The smallest absolute Gasteiger partial charge is 0.0583 e. The molecule has 0 spiro atoms. The minimum atomic E-state index is 0.528. The van der Waals surface area contributed by atoms with Gasteiger partial charge in [0.2, 0.25) is 0 Å². The zero-order chi connectivity index (χ0) is 8.39. The van der Waals surface area contributed by atoms with Crippen molar-refractivity contribution in [1.82, 2.24) is 0 Å². The maximum Gasteiger partial charge on any atom is 0.0583 e. The largest absolute Gasteiger partial charge is 0.285 e. The number of aliphatic imine (C=N–C) groups is 1. The van der Waals surface area contributed by atoms with E-state index in [9.17, 15) is 0 Å². The molecule has 2 aliphatic rings. The molecule has 2 heteroatoms. The molecule has 0 saturated carbocycles. The van der Waals surface area contributed by atoms with Crippen molar-refractivity contribution in [3.05, 3.63) is 34.0 Å². The monoisotopic (exact) mass is 271 g/mol. The molecule has 0 radical (unpaired) electrons. The van der Waals surface area contributed by atoms with Crippen molar-refractivity contribution in [2.45, 2.75) is 6.42 Å². The molecule has 1 unspecified atom stereocenters. The molecule has 1 aliphatic carbocycles. The Labute approximate surface area is 86.1 Å². The van der Waals surface area contributed by atoms with Crippen LogP contribution in [-0.4, -0.2) is 12.3 Å². The highest BCUT2D eigenvalue weighted by atomic mass is 127. The molecule has 2 rings (SSSR count). The lowest BCUT2D eigenvalue weighted by atomic mass is 9.95. The summed E-state index contributed by atoms with van der Waals surface area (Å²) in [5.74, 6) is 0.528. The second-order valence-electron chi connectivity index (χ2n) is 2.97. The van der Waals surface area contributed by atoms with Crippen LogP contribution in [0.5, 0.6) is 0 Å². The second-order valence-corrected chi connectivity index (χ2v) is 4.36. The van der Waals surface area contributed by atoms with Gasteiger partial charge in [-0.1, -0.05) is 24.3 Å². The van der Waals surface area contributed by atoms with Crippen LogP contribution in [0.1, 0.15) is 6.42 Å². The second kappa shape index (κ2) is 3.56. The third-order valence-corrected chi connectivity index (χ3v) is 2.98. The van der Waals surface area contributed by atoms with Crippen LogP contribution in [-0.2, 0) is 0 Å². The molecule has 1 atom stereocenters. The topological polar surface area (TPSA) is 12.4 Å². The molecule has 0 aromatic carbocycles. The highest BCUT2D eigenvalue weighted by Gasteiger charge is 2.15. The lowest BCUT2D eigenvalue weighted by Crippen LogP contribution is -2.10. The Morgan fingerprint density at radius 2 is 2.33 bits per heavy atom. The van der Waals surface area contributed by atoms with Crippen molar-refractivity contribution in [3.8, 4) is 0 Å². The van der Waals surface area contributed by atoms with E-state index in [1.807, 2.05) is 0 Å². The van der Waals surface area contributed by atoms with Gasteiger partial charge in [0, 0.05) is 11.6 Å². The van der Waals surface area contributed by atoms with Crippen LogP contribution in [0.25, 0.3) is 0 Å².